The minimum atomic E-state index is -0.127. The van der Waals surface area contributed by atoms with Gasteiger partial charge in [-0.3, -0.25) is 4.79 Å². The number of fused-ring (bicyclic) bond motifs is 1. The molecule has 3 rings (SSSR count). The minimum Gasteiger partial charge on any atom is -0.493 e. The molecule has 0 amide bonds. The number of rotatable bonds is 10. The van der Waals surface area contributed by atoms with Crippen molar-refractivity contribution in [2.24, 2.45) is 0 Å². The van der Waals surface area contributed by atoms with Crippen LogP contribution >= 0.6 is 12.2 Å². The number of nitrogens with one attached hydrogen (secondary N) is 2. The zero-order valence-electron chi connectivity index (χ0n) is 20.2. The number of aliphatic hydroxyl groups excluding tert-OH is 1. The lowest BCUT2D eigenvalue weighted by atomic mass is 10.0. The number of hydrogen-bond acceptors (Lipinski definition) is 5. The van der Waals surface area contributed by atoms with Gasteiger partial charge in [0, 0.05) is 30.8 Å². The third-order valence-corrected chi connectivity index (χ3v) is 6.31. The number of benzene rings is 2. The van der Waals surface area contributed by atoms with E-state index in [1.165, 1.54) is 5.56 Å². The smallest absolute Gasteiger partial charge is 0.253 e. The fourth-order valence-corrected chi connectivity index (χ4v) is 4.08. The monoisotopic (exact) mass is 483 g/mol. The van der Waals surface area contributed by atoms with Gasteiger partial charge in [-0.15, -0.1) is 0 Å². The molecule has 1 heterocycles. The lowest BCUT2D eigenvalue weighted by Gasteiger charge is -2.26. The molecule has 182 valence electrons. The number of aromatic amines is 1. The first-order chi connectivity index (χ1) is 16.4. The van der Waals surface area contributed by atoms with Gasteiger partial charge in [-0.1, -0.05) is 6.07 Å². The quantitative estimate of drug-likeness (QED) is 0.381. The van der Waals surface area contributed by atoms with Crippen LogP contribution in [0.25, 0.3) is 10.9 Å². The molecule has 0 saturated carbocycles. The Balaban J connectivity index is 1.70. The molecule has 0 aliphatic heterocycles. The average molecular weight is 484 g/mol. The number of hydrogen-bond donors (Lipinski definition) is 3. The number of ether oxygens (including phenoxy) is 2. The second-order valence-electron chi connectivity index (χ2n) is 8.32. The van der Waals surface area contributed by atoms with Crippen molar-refractivity contribution in [3.63, 3.8) is 0 Å². The summed E-state index contributed by atoms with van der Waals surface area (Å²) in [6.07, 6.45) is 1.30. The molecule has 0 saturated heterocycles. The number of aliphatic hydroxyl groups is 1. The second-order valence-corrected chi connectivity index (χ2v) is 8.70. The Kier molecular flexibility index (Phi) is 8.90. The lowest BCUT2D eigenvalue weighted by Crippen LogP contribution is -2.41. The molecule has 1 aromatic heterocycles. The Bertz CT molecular complexity index is 1210. The molecule has 0 aliphatic carbocycles. The van der Waals surface area contributed by atoms with E-state index in [4.69, 9.17) is 21.7 Å². The fourth-order valence-electron chi connectivity index (χ4n) is 3.82. The number of pyridine rings is 1. The van der Waals surface area contributed by atoms with Gasteiger partial charge in [0.15, 0.2) is 16.6 Å². The zero-order valence-corrected chi connectivity index (χ0v) is 21.1. The molecule has 0 radical (unpaired) electrons. The summed E-state index contributed by atoms with van der Waals surface area (Å²) in [5.41, 5.74) is 4.74. The van der Waals surface area contributed by atoms with E-state index in [0.717, 1.165) is 28.5 Å². The SMILES string of the molecule is COc1ccc(CCNC(=S)N(CCCO)Cc2cc3cc(C)c(C)cc3[nH]c2=O)cc1OC. The van der Waals surface area contributed by atoms with Crippen LogP contribution in [-0.4, -0.2) is 54.0 Å². The summed E-state index contributed by atoms with van der Waals surface area (Å²) in [6, 6.07) is 11.8. The molecule has 0 atom stereocenters. The fraction of sp³-hybridized carbons (Fsp3) is 0.385. The van der Waals surface area contributed by atoms with Crippen LogP contribution < -0.4 is 20.3 Å². The molecule has 0 spiro atoms. The molecule has 0 aliphatic rings. The van der Waals surface area contributed by atoms with Crippen LogP contribution in [0.1, 0.15) is 28.7 Å². The minimum absolute atomic E-state index is 0.0529. The molecule has 8 heteroatoms. The van der Waals surface area contributed by atoms with E-state index in [9.17, 15) is 9.90 Å². The van der Waals surface area contributed by atoms with E-state index in [1.54, 1.807) is 14.2 Å². The maximum atomic E-state index is 12.8. The van der Waals surface area contributed by atoms with Gasteiger partial charge in [0.1, 0.15) is 0 Å². The van der Waals surface area contributed by atoms with Crippen LogP contribution in [0.5, 0.6) is 11.5 Å². The topological polar surface area (TPSA) is 86.8 Å². The van der Waals surface area contributed by atoms with E-state index in [1.807, 2.05) is 42.2 Å². The Morgan fingerprint density at radius 3 is 2.53 bits per heavy atom. The number of H-pyrrole nitrogens is 1. The highest BCUT2D eigenvalue weighted by Gasteiger charge is 2.14. The molecule has 34 heavy (non-hydrogen) atoms. The van der Waals surface area contributed by atoms with Crippen molar-refractivity contribution in [2.75, 3.05) is 33.9 Å². The number of aromatic nitrogens is 1. The van der Waals surface area contributed by atoms with E-state index in [0.29, 0.717) is 48.2 Å². The summed E-state index contributed by atoms with van der Waals surface area (Å²) < 4.78 is 10.7. The number of aryl methyl sites for hydroxylation is 2. The summed E-state index contributed by atoms with van der Waals surface area (Å²) in [6.45, 7) is 5.67. The predicted octanol–water partition coefficient (Wildman–Crippen LogP) is 3.46. The van der Waals surface area contributed by atoms with Crippen LogP contribution in [-0.2, 0) is 13.0 Å². The van der Waals surface area contributed by atoms with E-state index in [2.05, 4.69) is 23.3 Å². The first-order valence-electron chi connectivity index (χ1n) is 11.3. The molecule has 2 aromatic carbocycles. The van der Waals surface area contributed by atoms with Crippen LogP contribution in [0.3, 0.4) is 0 Å². The van der Waals surface area contributed by atoms with Crippen molar-refractivity contribution in [2.45, 2.75) is 33.2 Å². The Hall–Kier alpha value is -3.10. The largest absolute Gasteiger partial charge is 0.493 e. The number of methoxy groups -OCH3 is 2. The first kappa shape index (κ1) is 25.5. The molecular weight excluding hydrogens is 450 g/mol. The van der Waals surface area contributed by atoms with Crippen LogP contribution in [0, 0.1) is 13.8 Å². The Labute approximate surface area is 205 Å². The van der Waals surface area contributed by atoms with Gasteiger partial charge in [0.2, 0.25) is 0 Å². The lowest BCUT2D eigenvalue weighted by molar-refractivity contribution is 0.264. The van der Waals surface area contributed by atoms with E-state index in [-0.39, 0.29) is 12.2 Å². The highest BCUT2D eigenvalue weighted by molar-refractivity contribution is 7.80. The third kappa shape index (κ3) is 6.27. The summed E-state index contributed by atoms with van der Waals surface area (Å²) >= 11 is 5.64. The first-order valence-corrected chi connectivity index (χ1v) is 11.7. The van der Waals surface area contributed by atoms with Crippen molar-refractivity contribution in [3.05, 3.63) is 69.0 Å². The van der Waals surface area contributed by atoms with Gasteiger partial charge < -0.3 is 29.8 Å². The van der Waals surface area contributed by atoms with Crippen molar-refractivity contribution in [1.82, 2.24) is 15.2 Å². The van der Waals surface area contributed by atoms with Crippen molar-refractivity contribution >= 4 is 28.2 Å². The predicted molar refractivity (Wildman–Crippen MR) is 140 cm³/mol. The molecule has 0 fully saturated rings. The summed E-state index contributed by atoms with van der Waals surface area (Å²) in [4.78, 5) is 17.7. The van der Waals surface area contributed by atoms with Gasteiger partial charge in [0.05, 0.1) is 20.8 Å². The van der Waals surface area contributed by atoms with Crippen LogP contribution in [0.4, 0.5) is 0 Å². The maximum absolute atomic E-state index is 12.8. The summed E-state index contributed by atoms with van der Waals surface area (Å²) in [5.74, 6) is 1.38. The Morgan fingerprint density at radius 1 is 1.09 bits per heavy atom. The molecule has 3 aromatic rings. The van der Waals surface area contributed by atoms with Gasteiger partial charge in [-0.2, -0.15) is 0 Å². The molecule has 3 N–H and O–H groups in total. The maximum Gasteiger partial charge on any atom is 0.253 e. The highest BCUT2D eigenvalue weighted by atomic mass is 32.1. The standard InChI is InChI=1S/C26H33N3O4S/c1-17-12-20-15-21(25(31)28-22(20)13-18(17)2)16-29(10-5-11-30)26(34)27-9-8-19-6-7-23(32-3)24(14-19)33-4/h6-7,12-15,30H,5,8-11,16H2,1-4H3,(H,27,34)(H,28,31). The second kappa shape index (κ2) is 11.9. The third-order valence-electron chi connectivity index (χ3n) is 5.91. The van der Waals surface area contributed by atoms with Gasteiger partial charge in [0.25, 0.3) is 5.56 Å². The number of nitrogens with zero attached hydrogens (tertiary/aromatic N) is 1. The van der Waals surface area contributed by atoms with Gasteiger partial charge >= 0.3 is 0 Å². The molecule has 0 unspecified atom stereocenters. The molecular formula is C26H33N3O4S. The zero-order chi connectivity index (χ0) is 24.7. The molecule has 0 bridgehead atoms. The Morgan fingerprint density at radius 2 is 1.82 bits per heavy atom. The average Bonchev–Trinajstić information content (AvgIpc) is 2.83. The highest BCUT2D eigenvalue weighted by Crippen LogP contribution is 2.27. The summed E-state index contributed by atoms with van der Waals surface area (Å²) in [7, 11) is 3.23. The van der Waals surface area contributed by atoms with E-state index < -0.39 is 0 Å². The summed E-state index contributed by atoms with van der Waals surface area (Å²) in [5, 5.41) is 14.2. The molecule has 7 nitrogen and oxygen atoms in total. The van der Waals surface area contributed by atoms with Gasteiger partial charge in [-0.05, 0) is 91.3 Å². The van der Waals surface area contributed by atoms with Crippen molar-refractivity contribution < 1.29 is 14.6 Å². The number of thiocarbonyl (C=S) groups is 1. The normalized spacial score (nSPS) is 10.9. The van der Waals surface area contributed by atoms with Crippen LogP contribution in [0.2, 0.25) is 0 Å². The van der Waals surface area contributed by atoms with E-state index >= 15 is 0 Å². The van der Waals surface area contributed by atoms with Crippen molar-refractivity contribution in [3.8, 4) is 11.5 Å². The van der Waals surface area contributed by atoms with Crippen molar-refractivity contribution in [1.29, 1.82) is 0 Å². The van der Waals surface area contributed by atoms with Gasteiger partial charge in [-0.25, -0.2) is 0 Å². The van der Waals surface area contributed by atoms with Crippen LogP contribution in [0.15, 0.2) is 41.2 Å².